The Bertz CT molecular complexity index is 374. The van der Waals surface area contributed by atoms with Crippen molar-refractivity contribution in [2.45, 2.75) is 12.8 Å². The molecule has 9 heteroatoms. The first-order chi connectivity index (χ1) is 9.04. The molecule has 0 atom stereocenters. The van der Waals surface area contributed by atoms with Gasteiger partial charge in [0.25, 0.3) is 11.8 Å². The molecule has 106 valence electrons. The predicted molar refractivity (Wildman–Crippen MR) is 71.3 cm³/mol. The molecule has 0 saturated carbocycles. The van der Waals surface area contributed by atoms with Gasteiger partial charge in [0.05, 0.1) is 11.1 Å². The van der Waals surface area contributed by atoms with Crippen molar-refractivity contribution >= 4 is 51.4 Å². The maximum Gasteiger partial charge on any atom is 0.342 e. The fourth-order valence-corrected chi connectivity index (χ4v) is 2.06. The van der Waals surface area contributed by atoms with Crippen LogP contribution >= 0.6 is 27.7 Å². The lowest BCUT2D eigenvalue weighted by molar-refractivity contribution is -0.195. The van der Waals surface area contributed by atoms with E-state index in [1.807, 2.05) is 0 Å². The summed E-state index contributed by atoms with van der Waals surface area (Å²) in [4.78, 5) is 49.2. The summed E-state index contributed by atoms with van der Waals surface area (Å²) in [6, 6.07) is 0. The third-order valence-corrected chi connectivity index (χ3v) is 3.55. The fourth-order valence-electron chi connectivity index (χ4n) is 1.25. The Hall–Kier alpha value is -1.09. The number of alkyl halides is 1. The van der Waals surface area contributed by atoms with E-state index in [4.69, 9.17) is 0 Å². The van der Waals surface area contributed by atoms with Crippen LogP contribution < -0.4 is 5.32 Å². The van der Waals surface area contributed by atoms with Crippen molar-refractivity contribution in [3.8, 4) is 0 Å². The van der Waals surface area contributed by atoms with E-state index in [0.717, 1.165) is 0 Å². The van der Waals surface area contributed by atoms with E-state index >= 15 is 0 Å². The van der Waals surface area contributed by atoms with E-state index in [1.165, 1.54) is 11.8 Å². The number of hydrogen-bond acceptors (Lipinski definition) is 6. The monoisotopic (exact) mass is 352 g/mol. The van der Waals surface area contributed by atoms with Gasteiger partial charge in [-0.05, 0) is 0 Å². The summed E-state index contributed by atoms with van der Waals surface area (Å²) < 4.78 is 0. The highest BCUT2D eigenvalue weighted by Gasteiger charge is 2.32. The number of hydroxylamine groups is 2. The highest BCUT2D eigenvalue weighted by molar-refractivity contribution is 9.09. The molecule has 0 aromatic heterocycles. The summed E-state index contributed by atoms with van der Waals surface area (Å²) >= 11 is 4.25. The average molecular weight is 353 g/mol. The molecule has 1 aliphatic rings. The largest absolute Gasteiger partial charge is 0.355 e. The minimum Gasteiger partial charge on any atom is -0.355 e. The Balaban J connectivity index is 2.13. The Morgan fingerprint density at radius 3 is 2.53 bits per heavy atom. The molecule has 7 nitrogen and oxygen atoms in total. The van der Waals surface area contributed by atoms with Gasteiger partial charge in [0.1, 0.15) is 0 Å². The topological polar surface area (TPSA) is 92.8 Å². The average Bonchev–Trinajstić information content (AvgIpc) is 2.69. The summed E-state index contributed by atoms with van der Waals surface area (Å²) in [5.41, 5.74) is 0. The van der Waals surface area contributed by atoms with Gasteiger partial charge in [-0.15, -0.1) is 16.8 Å². The Morgan fingerprint density at radius 1 is 1.32 bits per heavy atom. The number of carbonyl (C=O) groups is 4. The van der Waals surface area contributed by atoms with Crippen LogP contribution in [0.1, 0.15) is 12.8 Å². The molecule has 0 aromatic rings. The number of nitrogens with zero attached hydrogens (tertiary/aromatic N) is 1. The summed E-state index contributed by atoms with van der Waals surface area (Å²) in [7, 11) is 0. The molecular weight excluding hydrogens is 340 g/mol. The normalized spacial score (nSPS) is 14.7. The van der Waals surface area contributed by atoms with Crippen molar-refractivity contribution in [3.63, 3.8) is 0 Å². The minimum absolute atomic E-state index is 0.0151. The number of nitrogens with one attached hydrogen (secondary N) is 1. The first kappa shape index (κ1) is 16.0. The minimum atomic E-state index is -0.652. The second-order valence-electron chi connectivity index (χ2n) is 3.58. The smallest absolute Gasteiger partial charge is 0.342 e. The van der Waals surface area contributed by atoms with Crippen LogP contribution in [-0.4, -0.2) is 52.1 Å². The molecular formula is C10H13BrN2O5S. The number of thioether (sulfide) groups is 1. The van der Waals surface area contributed by atoms with Crippen molar-refractivity contribution < 1.29 is 24.0 Å². The second-order valence-corrected chi connectivity index (χ2v) is 5.25. The first-order valence-electron chi connectivity index (χ1n) is 5.51. The molecule has 0 aromatic carbocycles. The van der Waals surface area contributed by atoms with Crippen LogP contribution in [0.2, 0.25) is 0 Å². The van der Waals surface area contributed by atoms with Gasteiger partial charge in [0.2, 0.25) is 5.91 Å². The van der Waals surface area contributed by atoms with Crippen molar-refractivity contribution in [1.82, 2.24) is 10.4 Å². The maximum atomic E-state index is 11.4. The summed E-state index contributed by atoms with van der Waals surface area (Å²) in [5.74, 6) is -1.21. The van der Waals surface area contributed by atoms with E-state index < -0.39 is 17.8 Å². The SMILES string of the molecule is O=C(CBr)NCCSCC(=O)ON1C(=O)CCC1=O. The lowest BCUT2D eigenvalue weighted by atomic mass is 10.4. The lowest BCUT2D eigenvalue weighted by Gasteiger charge is -2.12. The molecule has 3 amide bonds. The van der Waals surface area contributed by atoms with Crippen LogP contribution in [0.3, 0.4) is 0 Å². The summed E-state index contributed by atoms with van der Waals surface area (Å²) in [6.45, 7) is 0.434. The van der Waals surface area contributed by atoms with E-state index in [9.17, 15) is 19.2 Å². The number of halogens is 1. The Labute approximate surface area is 122 Å². The summed E-state index contributed by atoms with van der Waals surface area (Å²) in [6.07, 6.45) is 0.162. The van der Waals surface area contributed by atoms with Gasteiger partial charge in [-0.25, -0.2) is 4.79 Å². The highest BCUT2D eigenvalue weighted by atomic mass is 79.9. The molecule has 0 aliphatic carbocycles. The lowest BCUT2D eigenvalue weighted by Crippen LogP contribution is -2.33. The molecule has 1 heterocycles. The van der Waals surface area contributed by atoms with E-state index in [0.29, 0.717) is 17.4 Å². The number of imide groups is 1. The van der Waals surface area contributed by atoms with Crippen LogP contribution in [0.5, 0.6) is 0 Å². The zero-order valence-corrected chi connectivity index (χ0v) is 12.4. The van der Waals surface area contributed by atoms with Crippen LogP contribution in [0, 0.1) is 0 Å². The van der Waals surface area contributed by atoms with Gasteiger partial charge >= 0.3 is 5.97 Å². The van der Waals surface area contributed by atoms with Crippen LogP contribution in [-0.2, 0) is 24.0 Å². The maximum absolute atomic E-state index is 11.4. The number of carbonyl (C=O) groups excluding carboxylic acids is 4. The molecule has 0 unspecified atom stereocenters. The molecule has 19 heavy (non-hydrogen) atoms. The molecule has 1 aliphatic heterocycles. The van der Waals surface area contributed by atoms with Gasteiger partial charge in [-0.1, -0.05) is 15.9 Å². The molecule has 0 bridgehead atoms. The van der Waals surface area contributed by atoms with Crippen molar-refractivity contribution in [2.24, 2.45) is 0 Å². The van der Waals surface area contributed by atoms with Crippen LogP contribution in [0.4, 0.5) is 0 Å². The molecule has 1 fully saturated rings. The van der Waals surface area contributed by atoms with Crippen molar-refractivity contribution in [2.75, 3.05) is 23.4 Å². The van der Waals surface area contributed by atoms with Gasteiger partial charge in [0, 0.05) is 25.1 Å². The molecule has 1 N–H and O–H groups in total. The highest BCUT2D eigenvalue weighted by Crippen LogP contribution is 2.13. The van der Waals surface area contributed by atoms with Crippen molar-refractivity contribution in [3.05, 3.63) is 0 Å². The Kier molecular flexibility index (Phi) is 6.85. The first-order valence-corrected chi connectivity index (χ1v) is 7.79. The third-order valence-electron chi connectivity index (χ3n) is 2.11. The molecule has 1 saturated heterocycles. The van der Waals surface area contributed by atoms with Crippen LogP contribution in [0.25, 0.3) is 0 Å². The number of rotatable bonds is 7. The Morgan fingerprint density at radius 2 is 1.95 bits per heavy atom. The van der Waals surface area contributed by atoms with Crippen molar-refractivity contribution in [1.29, 1.82) is 0 Å². The molecule has 1 rings (SSSR count). The zero-order chi connectivity index (χ0) is 14.3. The number of amides is 3. The van der Waals surface area contributed by atoms with Gasteiger partial charge < -0.3 is 10.2 Å². The molecule has 0 radical (unpaired) electrons. The van der Waals surface area contributed by atoms with Crippen LogP contribution in [0.15, 0.2) is 0 Å². The zero-order valence-electron chi connectivity index (χ0n) is 10.0. The number of hydrogen-bond donors (Lipinski definition) is 1. The predicted octanol–water partition coefficient (Wildman–Crippen LogP) is -0.162. The standard InChI is InChI=1S/C10H13BrN2O5S/c11-5-7(14)12-3-4-19-6-10(17)18-13-8(15)1-2-9(13)16/h1-6H2,(H,12,14). The summed E-state index contributed by atoms with van der Waals surface area (Å²) in [5, 5.41) is 3.37. The van der Waals surface area contributed by atoms with Gasteiger partial charge in [-0.2, -0.15) is 0 Å². The van der Waals surface area contributed by atoms with E-state index in [-0.39, 0.29) is 29.8 Å². The fraction of sp³-hybridized carbons (Fsp3) is 0.600. The van der Waals surface area contributed by atoms with Gasteiger partial charge in [-0.3, -0.25) is 14.4 Å². The van der Waals surface area contributed by atoms with E-state index in [1.54, 1.807) is 0 Å². The second kappa shape index (κ2) is 8.16. The van der Waals surface area contributed by atoms with Gasteiger partial charge in [0.15, 0.2) is 0 Å². The molecule has 0 spiro atoms. The van der Waals surface area contributed by atoms with E-state index in [2.05, 4.69) is 26.1 Å². The quantitative estimate of drug-likeness (QED) is 0.388. The third kappa shape index (κ3) is 5.60.